The number of nitrogens with one attached hydrogen (secondary N) is 1. The van der Waals surface area contributed by atoms with Crippen molar-refractivity contribution in [2.24, 2.45) is 11.8 Å². The smallest absolute Gasteiger partial charge is 0.240 e. The Morgan fingerprint density at radius 1 is 1.04 bits per heavy atom. The van der Waals surface area contributed by atoms with E-state index in [1.807, 2.05) is 4.90 Å². The molecule has 2 fully saturated rings. The Bertz CT molecular complexity index is 656. The summed E-state index contributed by atoms with van der Waals surface area (Å²) < 4.78 is 27.1. The van der Waals surface area contributed by atoms with Gasteiger partial charge in [0.25, 0.3) is 0 Å². The summed E-state index contributed by atoms with van der Waals surface area (Å²) in [6, 6.07) is 8.44. The summed E-state index contributed by atoms with van der Waals surface area (Å²) >= 11 is 0. The monoisotopic (exact) mass is 350 g/mol. The van der Waals surface area contributed by atoms with Gasteiger partial charge >= 0.3 is 0 Å². The molecule has 1 aromatic rings. The molecule has 1 N–H and O–H groups in total. The van der Waals surface area contributed by atoms with Crippen molar-refractivity contribution >= 4 is 15.9 Å². The Labute approximate surface area is 144 Å². The first-order chi connectivity index (χ1) is 11.5. The van der Waals surface area contributed by atoms with Crippen LogP contribution < -0.4 is 4.72 Å². The molecule has 132 valence electrons. The van der Waals surface area contributed by atoms with Gasteiger partial charge in [0.05, 0.1) is 4.90 Å². The van der Waals surface area contributed by atoms with E-state index in [-0.39, 0.29) is 5.91 Å². The number of amides is 1. The molecule has 1 aliphatic carbocycles. The van der Waals surface area contributed by atoms with Gasteiger partial charge in [0.1, 0.15) is 0 Å². The highest BCUT2D eigenvalue weighted by Crippen LogP contribution is 2.31. The van der Waals surface area contributed by atoms with Crippen molar-refractivity contribution < 1.29 is 13.2 Å². The van der Waals surface area contributed by atoms with Crippen LogP contribution >= 0.6 is 0 Å². The zero-order valence-corrected chi connectivity index (χ0v) is 14.8. The van der Waals surface area contributed by atoms with Gasteiger partial charge in [-0.25, -0.2) is 13.1 Å². The van der Waals surface area contributed by atoms with Crippen LogP contribution in [0.2, 0.25) is 0 Å². The molecule has 0 radical (unpaired) electrons. The number of nitrogens with zero attached hydrogens (tertiary/aromatic N) is 1. The summed E-state index contributed by atoms with van der Waals surface area (Å²) in [6.45, 7) is 2.18. The SMILES string of the molecule is O=C1CCC(CCNS(=O)(=O)c2ccccc2)CCN1CC1CC1. The second-order valence-electron chi connectivity index (χ2n) is 6.98. The first-order valence-electron chi connectivity index (χ1n) is 8.87. The average molecular weight is 350 g/mol. The summed E-state index contributed by atoms with van der Waals surface area (Å²) in [5.41, 5.74) is 0. The molecule has 0 aromatic heterocycles. The van der Waals surface area contributed by atoms with Crippen molar-refractivity contribution in [1.29, 1.82) is 0 Å². The molecule has 1 amide bonds. The number of carbonyl (C=O) groups excluding carboxylic acids is 1. The molecule has 0 spiro atoms. The molecular formula is C18H26N2O3S. The van der Waals surface area contributed by atoms with Gasteiger partial charge in [-0.1, -0.05) is 18.2 Å². The minimum absolute atomic E-state index is 0.272. The third-order valence-corrected chi connectivity index (χ3v) is 6.48. The molecular weight excluding hydrogens is 324 g/mol. The van der Waals surface area contributed by atoms with Crippen LogP contribution in [0.5, 0.6) is 0 Å². The van der Waals surface area contributed by atoms with E-state index in [9.17, 15) is 13.2 Å². The molecule has 5 nitrogen and oxygen atoms in total. The maximum atomic E-state index is 12.2. The third kappa shape index (κ3) is 4.80. The van der Waals surface area contributed by atoms with E-state index >= 15 is 0 Å². The normalized spacial score (nSPS) is 22.4. The number of likely N-dealkylation sites (tertiary alicyclic amines) is 1. The van der Waals surface area contributed by atoms with Crippen molar-refractivity contribution in [3.05, 3.63) is 30.3 Å². The first kappa shape index (κ1) is 17.4. The molecule has 6 heteroatoms. The fraction of sp³-hybridized carbons (Fsp3) is 0.611. The summed E-state index contributed by atoms with van der Waals surface area (Å²) in [4.78, 5) is 14.5. The quantitative estimate of drug-likeness (QED) is 0.821. The van der Waals surface area contributed by atoms with E-state index < -0.39 is 10.0 Å². The highest BCUT2D eigenvalue weighted by molar-refractivity contribution is 7.89. The van der Waals surface area contributed by atoms with Gasteiger partial charge in [0.2, 0.25) is 15.9 Å². The Morgan fingerprint density at radius 3 is 2.50 bits per heavy atom. The number of hydrogen-bond acceptors (Lipinski definition) is 3. The van der Waals surface area contributed by atoms with Crippen LogP contribution in [-0.4, -0.2) is 38.9 Å². The van der Waals surface area contributed by atoms with E-state index in [1.165, 1.54) is 12.8 Å². The molecule has 1 aromatic carbocycles. The summed E-state index contributed by atoms with van der Waals surface area (Å²) in [6.07, 6.45) is 5.75. The number of rotatable bonds is 7. The highest BCUT2D eigenvalue weighted by atomic mass is 32.2. The average Bonchev–Trinajstić information content (AvgIpc) is 3.40. The maximum Gasteiger partial charge on any atom is 0.240 e. The van der Waals surface area contributed by atoms with Crippen molar-refractivity contribution in [3.63, 3.8) is 0 Å². The Hall–Kier alpha value is -1.40. The molecule has 1 saturated carbocycles. The zero-order chi connectivity index (χ0) is 17.0. The molecule has 24 heavy (non-hydrogen) atoms. The molecule has 1 atom stereocenters. The molecule has 2 aliphatic rings. The predicted molar refractivity (Wildman–Crippen MR) is 92.9 cm³/mol. The van der Waals surface area contributed by atoms with Crippen molar-refractivity contribution in [1.82, 2.24) is 9.62 Å². The van der Waals surface area contributed by atoms with Crippen LogP contribution in [0.4, 0.5) is 0 Å². The van der Waals surface area contributed by atoms with Gasteiger partial charge in [-0.15, -0.1) is 0 Å². The lowest BCUT2D eigenvalue weighted by Gasteiger charge is -2.20. The van der Waals surface area contributed by atoms with E-state index in [2.05, 4.69) is 4.72 Å². The van der Waals surface area contributed by atoms with E-state index in [1.54, 1.807) is 30.3 Å². The lowest BCUT2D eigenvalue weighted by atomic mass is 9.97. The summed E-state index contributed by atoms with van der Waals surface area (Å²) in [5.74, 6) is 1.41. The summed E-state index contributed by atoms with van der Waals surface area (Å²) in [5, 5.41) is 0. The molecule has 1 heterocycles. The molecule has 1 saturated heterocycles. The first-order valence-corrected chi connectivity index (χ1v) is 10.4. The largest absolute Gasteiger partial charge is 0.342 e. The molecule has 1 unspecified atom stereocenters. The number of hydrogen-bond donors (Lipinski definition) is 1. The Morgan fingerprint density at radius 2 is 1.79 bits per heavy atom. The van der Waals surface area contributed by atoms with E-state index in [4.69, 9.17) is 0 Å². The number of sulfonamides is 1. The van der Waals surface area contributed by atoms with Gasteiger partial charge in [0, 0.05) is 26.1 Å². The number of carbonyl (C=O) groups is 1. The predicted octanol–water partition coefficient (Wildman–Crippen LogP) is 2.39. The molecule has 1 aliphatic heterocycles. The highest BCUT2D eigenvalue weighted by Gasteiger charge is 2.29. The van der Waals surface area contributed by atoms with Gasteiger partial charge in [0.15, 0.2) is 0 Å². The second kappa shape index (κ2) is 7.66. The van der Waals surface area contributed by atoms with Gasteiger partial charge in [-0.05, 0) is 56.1 Å². The molecule has 3 rings (SSSR count). The molecule has 0 bridgehead atoms. The number of benzene rings is 1. The fourth-order valence-corrected chi connectivity index (χ4v) is 4.34. The Kier molecular flexibility index (Phi) is 5.56. The fourth-order valence-electron chi connectivity index (χ4n) is 3.27. The van der Waals surface area contributed by atoms with Gasteiger partial charge in [-0.2, -0.15) is 0 Å². The van der Waals surface area contributed by atoms with Crippen molar-refractivity contribution in [2.45, 2.75) is 43.4 Å². The van der Waals surface area contributed by atoms with Crippen LogP contribution in [0.25, 0.3) is 0 Å². The topological polar surface area (TPSA) is 66.5 Å². The van der Waals surface area contributed by atoms with Gasteiger partial charge < -0.3 is 4.90 Å². The maximum absolute atomic E-state index is 12.2. The van der Waals surface area contributed by atoms with E-state index in [0.717, 1.165) is 38.3 Å². The zero-order valence-electron chi connectivity index (χ0n) is 14.0. The van der Waals surface area contributed by atoms with Crippen molar-refractivity contribution in [3.8, 4) is 0 Å². The summed E-state index contributed by atoms with van der Waals surface area (Å²) in [7, 11) is -3.43. The lowest BCUT2D eigenvalue weighted by Crippen LogP contribution is -2.32. The van der Waals surface area contributed by atoms with E-state index in [0.29, 0.717) is 23.8 Å². The minimum Gasteiger partial charge on any atom is -0.342 e. The van der Waals surface area contributed by atoms with Crippen molar-refractivity contribution in [2.75, 3.05) is 19.6 Å². The van der Waals surface area contributed by atoms with Crippen LogP contribution in [0.1, 0.15) is 38.5 Å². The lowest BCUT2D eigenvalue weighted by molar-refractivity contribution is -0.130. The van der Waals surface area contributed by atoms with Crippen LogP contribution in [0.3, 0.4) is 0 Å². The second-order valence-corrected chi connectivity index (χ2v) is 8.74. The minimum atomic E-state index is -3.43. The standard InChI is InChI=1S/C18H26N2O3S/c21-18-9-8-15(11-13-20(18)14-16-6-7-16)10-12-19-24(22,23)17-4-2-1-3-5-17/h1-5,15-16,19H,6-14H2. The van der Waals surface area contributed by atoms with Crippen LogP contribution in [-0.2, 0) is 14.8 Å². The van der Waals surface area contributed by atoms with Crippen LogP contribution in [0, 0.1) is 11.8 Å². The Balaban J connectivity index is 1.45. The van der Waals surface area contributed by atoms with Crippen LogP contribution in [0.15, 0.2) is 35.2 Å². The third-order valence-electron chi connectivity index (χ3n) is 5.00. The van der Waals surface area contributed by atoms with Gasteiger partial charge in [-0.3, -0.25) is 4.79 Å².